The summed E-state index contributed by atoms with van der Waals surface area (Å²) in [5.41, 5.74) is 0. The third-order valence-corrected chi connectivity index (χ3v) is 3.46. The number of likely N-dealkylation sites (N-methyl/N-ethyl adjacent to an activating group) is 1. The molecule has 0 aromatic rings. The molecule has 0 saturated heterocycles. The van der Waals surface area contributed by atoms with E-state index in [4.69, 9.17) is 11.7 Å². The first-order valence-corrected chi connectivity index (χ1v) is 5.51. The summed E-state index contributed by atoms with van der Waals surface area (Å²) >= 11 is 0. The standard InChI is InChI=1S/C11H21N2O.BrH/c1-12-10-13(2,8-9-14)11-6-4-3-5-7-11;/h11,14H,3-10H2,2H3;1H/q+1;/p-1. The van der Waals surface area contributed by atoms with Gasteiger partial charge in [0.15, 0.2) is 0 Å². The van der Waals surface area contributed by atoms with E-state index in [0.717, 1.165) is 11.0 Å². The van der Waals surface area contributed by atoms with Gasteiger partial charge in [-0.05, 0) is 25.7 Å². The smallest absolute Gasteiger partial charge is 0.339 e. The van der Waals surface area contributed by atoms with Crippen LogP contribution in [0.5, 0.6) is 0 Å². The molecule has 1 rings (SSSR count). The lowest BCUT2D eigenvalue weighted by atomic mass is 9.93. The Morgan fingerprint density at radius 3 is 2.40 bits per heavy atom. The van der Waals surface area contributed by atoms with Crippen molar-refractivity contribution in [2.75, 3.05) is 26.9 Å². The molecule has 0 aromatic carbocycles. The van der Waals surface area contributed by atoms with Gasteiger partial charge in [0, 0.05) is 0 Å². The maximum atomic E-state index is 9.04. The first-order chi connectivity index (χ1) is 6.73. The van der Waals surface area contributed by atoms with Crippen LogP contribution in [0.25, 0.3) is 4.85 Å². The summed E-state index contributed by atoms with van der Waals surface area (Å²) in [4.78, 5) is 3.51. The molecule has 0 radical (unpaired) electrons. The summed E-state index contributed by atoms with van der Waals surface area (Å²) in [6.45, 7) is 8.43. The Morgan fingerprint density at radius 2 is 1.93 bits per heavy atom. The molecule has 1 unspecified atom stereocenters. The number of rotatable bonds is 4. The van der Waals surface area contributed by atoms with Gasteiger partial charge in [0.25, 0.3) is 0 Å². The van der Waals surface area contributed by atoms with Crippen LogP contribution in [0.4, 0.5) is 0 Å². The van der Waals surface area contributed by atoms with E-state index < -0.39 is 0 Å². The second kappa shape index (κ2) is 7.21. The van der Waals surface area contributed by atoms with Crippen molar-refractivity contribution >= 4 is 0 Å². The van der Waals surface area contributed by atoms with Crippen molar-refractivity contribution < 1.29 is 26.6 Å². The Morgan fingerprint density at radius 1 is 1.33 bits per heavy atom. The van der Waals surface area contributed by atoms with Crippen LogP contribution in [0.2, 0.25) is 0 Å². The molecule has 0 spiro atoms. The van der Waals surface area contributed by atoms with Crippen LogP contribution in [0.1, 0.15) is 32.1 Å². The zero-order valence-corrected chi connectivity index (χ0v) is 11.0. The van der Waals surface area contributed by atoms with Gasteiger partial charge in [-0.1, -0.05) is 6.42 Å². The van der Waals surface area contributed by atoms with E-state index in [0.29, 0.717) is 12.7 Å². The predicted octanol–water partition coefficient (Wildman–Crippen LogP) is -1.36. The third-order valence-electron chi connectivity index (χ3n) is 3.46. The fourth-order valence-corrected chi connectivity index (χ4v) is 2.46. The molecule has 0 aromatic heterocycles. The number of quaternary nitrogens is 1. The average molecular weight is 277 g/mol. The van der Waals surface area contributed by atoms with Gasteiger partial charge in [0.2, 0.25) is 0 Å². The number of aliphatic hydroxyl groups is 1. The number of halogens is 1. The summed E-state index contributed by atoms with van der Waals surface area (Å²) in [7, 11) is 2.12. The van der Waals surface area contributed by atoms with Crippen LogP contribution in [0.3, 0.4) is 0 Å². The van der Waals surface area contributed by atoms with E-state index >= 15 is 0 Å². The topological polar surface area (TPSA) is 24.6 Å². The maximum Gasteiger partial charge on any atom is 0.339 e. The van der Waals surface area contributed by atoms with E-state index in [-0.39, 0.29) is 23.6 Å². The van der Waals surface area contributed by atoms with E-state index in [1.54, 1.807) is 0 Å². The molecular weight excluding hydrogens is 256 g/mol. The lowest BCUT2D eigenvalue weighted by molar-refractivity contribution is -0.930. The third kappa shape index (κ3) is 4.10. The molecule has 1 aliphatic carbocycles. The molecule has 0 amide bonds. The Hall–Kier alpha value is -0.110. The highest BCUT2D eigenvalue weighted by atomic mass is 79.9. The molecule has 1 atom stereocenters. The van der Waals surface area contributed by atoms with Crippen LogP contribution in [-0.4, -0.2) is 42.5 Å². The van der Waals surface area contributed by atoms with Crippen molar-refractivity contribution in [3.05, 3.63) is 11.4 Å². The van der Waals surface area contributed by atoms with E-state index in [2.05, 4.69) is 11.9 Å². The summed E-state index contributed by atoms with van der Waals surface area (Å²) in [6, 6.07) is 0.602. The SMILES string of the molecule is [Br-].[C-]#[N+]C[N+](C)(CCO)C1CCCCC1. The second-order valence-electron chi connectivity index (χ2n) is 4.52. The molecule has 88 valence electrons. The van der Waals surface area contributed by atoms with E-state index in [1.165, 1.54) is 32.1 Å². The second-order valence-corrected chi connectivity index (χ2v) is 4.52. The van der Waals surface area contributed by atoms with Gasteiger partial charge >= 0.3 is 6.67 Å². The van der Waals surface area contributed by atoms with E-state index in [9.17, 15) is 0 Å². The van der Waals surface area contributed by atoms with Gasteiger partial charge < -0.3 is 22.1 Å². The minimum atomic E-state index is 0. The molecule has 15 heavy (non-hydrogen) atoms. The fraction of sp³-hybridized carbons (Fsp3) is 0.909. The highest BCUT2D eigenvalue weighted by molar-refractivity contribution is 4.68. The zero-order valence-electron chi connectivity index (χ0n) is 9.45. The molecule has 4 heteroatoms. The highest BCUT2D eigenvalue weighted by Crippen LogP contribution is 2.26. The minimum Gasteiger partial charge on any atom is -1.00 e. The number of aliphatic hydroxyl groups excluding tert-OH is 1. The quantitative estimate of drug-likeness (QED) is 0.498. The van der Waals surface area contributed by atoms with Crippen molar-refractivity contribution in [3.63, 3.8) is 0 Å². The minimum absolute atomic E-state index is 0. The van der Waals surface area contributed by atoms with Crippen molar-refractivity contribution in [1.82, 2.24) is 0 Å². The zero-order chi connectivity index (χ0) is 10.4. The van der Waals surface area contributed by atoms with Gasteiger partial charge in [0.05, 0.1) is 19.7 Å². The molecule has 3 nitrogen and oxygen atoms in total. The molecule has 0 bridgehead atoms. The van der Waals surface area contributed by atoms with Gasteiger partial charge in [-0.3, -0.25) is 9.33 Å². The normalized spacial score (nSPS) is 21.1. The molecule has 0 aliphatic heterocycles. The van der Waals surface area contributed by atoms with Crippen LogP contribution >= 0.6 is 0 Å². The Balaban J connectivity index is 0.00000196. The molecule has 1 saturated carbocycles. The predicted molar refractivity (Wildman–Crippen MR) is 56.5 cm³/mol. The van der Waals surface area contributed by atoms with Crippen molar-refractivity contribution in [2.45, 2.75) is 38.1 Å². The van der Waals surface area contributed by atoms with Gasteiger partial charge in [0.1, 0.15) is 6.54 Å². The van der Waals surface area contributed by atoms with Crippen molar-refractivity contribution in [3.8, 4) is 0 Å². The van der Waals surface area contributed by atoms with E-state index in [1.807, 2.05) is 0 Å². The molecule has 1 aliphatic rings. The summed E-state index contributed by atoms with van der Waals surface area (Å²) in [6.07, 6.45) is 6.38. The highest BCUT2D eigenvalue weighted by Gasteiger charge is 2.35. The van der Waals surface area contributed by atoms with Gasteiger partial charge in [-0.25, -0.2) is 6.57 Å². The molecule has 1 N–H and O–H groups in total. The number of nitrogens with zero attached hydrogens (tertiary/aromatic N) is 2. The van der Waals surface area contributed by atoms with Crippen molar-refractivity contribution in [2.24, 2.45) is 0 Å². The first-order valence-electron chi connectivity index (χ1n) is 5.51. The van der Waals surface area contributed by atoms with Crippen LogP contribution in [0.15, 0.2) is 0 Å². The van der Waals surface area contributed by atoms with Gasteiger partial charge in [-0.15, -0.1) is 0 Å². The first kappa shape index (κ1) is 14.9. The molecular formula is C11H21BrN2O. The number of hydrogen-bond donors (Lipinski definition) is 1. The monoisotopic (exact) mass is 276 g/mol. The number of hydrogen-bond acceptors (Lipinski definition) is 1. The average Bonchev–Trinajstić information content (AvgIpc) is 2.20. The summed E-state index contributed by atoms with van der Waals surface area (Å²) in [5.74, 6) is 0. The van der Waals surface area contributed by atoms with Crippen LogP contribution in [0, 0.1) is 6.57 Å². The lowest BCUT2D eigenvalue weighted by Gasteiger charge is -2.38. The van der Waals surface area contributed by atoms with Crippen molar-refractivity contribution in [1.29, 1.82) is 0 Å². The summed E-state index contributed by atoms with van der Waals surface area (Å²) < 4.78 is 0.750. The Labute approximate surface area is 103 Å². The Kier molecular flexibility index (Phi) is 7.16. The largest absolute Gasteiger partial charge is 1.00 e. The molecule has 0 heterocycles. The van der Waals surface area contributed by atoms with Gasteiger partial charge in [-0.2, -0.15) is 0 Å². The Bertz CT molecular complexity index is 211. The fourth-order valence-electron chi connectivity index (χ4n) is 2.46. The van der Waals surface area contributed by atoms with Crippen LogP contribution in [-0.2, 0) is 0 Å². The lowest BCUT2D eigenvalue weighted by Crippen LogP contribution is -3.00. The molecule has 1 fully saturated rings. The van der Waals surface area contributed by atoms with Crippen LogP contribution < -0.4 is 17.0 Å². The maximum absolute atomic E-state index is 9.04. The summed E-state index contributed by atoms with van der Waals surface area (Å²) in [5, 5.41) is 9.04.